The van der Waals surface area contributed by atoms with Crippen LogP contribution >= 0.6 is 12.4 Å². The monoisotopic (exact) mass is 354 g/mol. The summed E-state index contributed by atoms with van der Waals surface area (Å²) < 4.78 is 5.65. The van der Waals surface area contributed by atoms with E-state index in [1.165, 1.54) is 5.56 Å². The summed E-state index contributed by atoms with van der Waals surface area (Å²) in [5, 5.41) is 6.45. The van der Waals surface area contributed by atoms with Crippen LogP contribution in [0.2, 0.25) is 0 Å². The third-order valence-corrected chi connectivity index (χ3v) is 4.22. The van der Waals surface area contributed by atoms with Gasteiger partial charge >= 0.3 is 0 Å². The Hall–Kier alpha value is -1.26. The number of amides is 1. The predicted molar refractivity (Wildman–Crippen MR) is 101 cm³/mol. The number of piperidine rings is 1. The molecule has 5 heteroatoms. The molecule has 2 atom stereocenters. The zero-order chi connectivity index (χ0) is 16.7. The van der Waals surface area contributed by atoms with Gasteiger partial charge in [-0.25, -0.2) is 0 Å². The maximum absolute atomic E-state index is 12.2. The van der Waals surface area contributed by atoms with Crippen molar-refractivity contribution in [3.8, 4) is 5.75 Å². The van der Waals surface area contributed by atoms with Gasteiger partial charge in [0, 0.05) is 12.6 Å². The third kappa shape index (κ3) is 7.10. The Labute approximate surface area is 152 Å². The van der Waals surface area contributed by atoms with Crippen molar-refractivity contribution in [2.24, 2.45) is 5.92 Å². The highest BCUT2D eigenvalue weighted by Gasteiger charge is 2.21. The first-order chi connectivity index (χ1) is 11.0. The molecule has 0 saturated carbocycles. The number of halogens is 1. The van der Waals surface area contributed by atoms with E-state index in [1.54, 1.807) is 0 Å². The van der Waals surface area contributed by atoms with E-state index in [4.69, 9.17) is 4.74 Å². The van der Waals surface area contributed by atoms with E-state index in [2.05, 4.69) is 29.7 Å². The van der Waals surface area contributed by atoms with Crippen molar-refractivity contribution in [3.05, 3.63) is 29.8 Å². The van der Waals surface area contributed by atoms with Crippen LogP contribution in [0.4, 0.5) is 0 Å². The molecule has 2 N–H and O–H groups in total. The number of benzene rings is 1. The van der Waals surface area contributed by atoms with Gasteiger partial charge in [-0.2, -0.15) is 0 Å². The van der Waals surface area contributed by atoms with Crippen molar-refractivity contribution in [2.75, 3.05) is 13.1 Å². The molecular weight excluding hydrogens is 324 g/mol. The third-order valence-electron chi connectivity index (χ3n) is 4.22. The Balaban J connectivity index is 0.00000288. The molecule has 2 rings (SSSR count). The average Bonchev–Trinajstić information content (AvgIpc) is 2.54. The number of hydrogen-bond donors (Lipinski definition) is 2. The zero-order valence-corrected chi connectivity index (χ0v) is 15.8. The number of hydrogen-bond acceptors (Lipinski definition) is 3. The van der Waals surface area contributed by atoms with E-state index in [0.29, 0.717) is 0 Å². The summed E-state index contributed by atoms with van der Waals surface area (Å²) in [5.74, 6) is 1.25. The second-order valence-electron chi connectivity index (χ2n) is 6.80. The molecule has 0 spiro atoms. The van der Waals surface area contributed by atoms with Crippen molar-refractivity contribution >= 4 is 18.3 Å². The molecular formula is C19H31ClN2O2. The van der Waals surface area contributed by atoms with Crippen LogP contribution in [0.15, 0.2) is 24.3 Å². The fraction of sp³-hybridized carbons (Fsp3) is 0.632. The standard InChI is InChI=1S/C19H30N2O2.ClH/c1-14(2)23-18-10-8-16(9-11-18)7-6-15(3)21-19(22)17-5-4-12-20-13-17;/h8-11,14-15,17,20H,4-7,12-13H2,1-3H3,(H,21,22);1H. The van der Waals surface area contributed by atoms with Crippen molar-refractivity contribution in [2.45, 2.75) is 58.6 Å². The lowest BCUT2D eigenvalue weighted by Crippen LogP contribution is -2.43. The van der Waals surface area contributed by atoms with Gasteiger partial charge in [0.15, 0.2) is 0 Å². The van der Waals surface area contributed by atoms with Crippen molar-refractivity contribution in [3.63, 3.8) is 0 Å². The molecule has 2 unspecified atom stereocenters. The van der Waals surface area contributed by atoms with Crippen LogP contribution in [-0.2, 0) is 11.2 Å². The molecule has 0 aromatic heterocycles. The predicted octanol–water partition coefficient (Wildman–Crippen LogP) is 3.33. The lowest BCUT2D eigenvalue weighted by atomic mass is 9.98. The van der Waals surface area contributed by atoms with Crippen molar-refractivity contribution in [1.29, 1.82) is 0 Å². The van der Waals surface area contributed by atoms with E-state index in [-0.39, 0.29) is 36.4 Å². The summed E-state index contributed by atoms with van der Waals surface area (Å²) in [6.45, 7) is 8.00. The zero-order valence-electron chi connectivity index (χ0n) is 15.0. The molecule has 1 aliphatic heterocycles. The van der Waals surface area contributed by atoms with E-state index in [9.17, 15) is 4.79 Å². The highest BCUT2D eigenvalue weighted by Crippen LogP contribution is 2.16. The number of nitrogens with one attached hydrogen (secondary N) is 2. The molecule has 1 fully saturated rings. The van der Waals surface area contributed by atoms with E-state index >= 15 is 0 Å². The summed E-state index contributed by atoms with van der Waals surface area (Å²) in [4.78, 5) is 12.2. The first kappa shape index (κ1) is 20.8. The normalized spacial score (nSPS) is 18.6. The largest absolute Gasteiger partial charge is 0.491 e. The van der Waals surface area contributed by atoms with Gasteiger partial charge < -0.3 is 15.4 Å². The first-order valence-electron chi connectivity index (χ1n) is 8.81. The number of carbonyl (C=O) groups excluding carboxylic acids is 1. The summed E-state index contributed by atoms with van der Waals surface area (Å²) in [6, 6.07) is 8.46. The Bertz CT molecular complexity index is 485. The molecule has 1 aromatic carbocycles. The molecule has 1 heterocycles. The number of carbonyl (C=O) groups is 1. The van der Waals surface area contributed by atoms with Gasteiger partial charge in [-0.3, -0.25) is 4.79 Å². The van der Waals surface area contributed by atoms with Gasteiger partial charge in [0.05, 0.1) is 12.0 Å². The van der Waals surface area contributed by atoms with Crippen LogP contribution in [0.1, 0.15) is 45.6 Å². The van der Waals surface area contributed by atoms with Gasteiger partial charge in [0.2, 0.25) is 5.91 Å². The Morgan fingerprint density at radius 1 is 1.29 bits per heavy atom. The summed E-state index contributed by atoms with van der Waals surface area (Å²) in [7, 11) is 0. The van der Waals surface area contributed by atoms with Gasteiger partial charge in [0.25, 0.3) is 0 Å². The van der Waals surface area contributed by atoms with Crippen LogP contribution in [-0.4, -0.2) is 31.1 Å². The second-order valence-corrected chi connectivity index (χ2v) is 6.80. The van der Waals surface area contributed by atoms with Crippen LogP contribution < -0.4 is 15.4 Å². The lowest BCUT2D eigenvalue weighted by Gasteiger charge is -2.24. The molecule has 24 heavy (non-hydrogen) atoms. The summed E-state index contributed by atoms with van der Waals surface area (Å²) >= 11 is 0. The minimum Gasteiger partial charge on any atom is -0.491 e. The van der Waals surface area contributed by atoms with Crippen molar-refractivity contribution < 1.29 is 9.53 Å². The fourth-order valence-electron chi connectivity index (χ4n) is 2.90. The summed E-state index contributed by atoms with van der Waals surface area (Å²) in [6.07, 6.45) is 4.22. The van der Waals surface area contributed by atoms with Crippen LogP contribution in [0.25, 0.3) is 0 Å². The molecule has 1 aromatic rings. The van der Waals surface area contributed by atoms with Gasteiger partial charge in [-0.1, -0.05) is 12.1 Å². The topological polar surface area (TPSA) is 50.4 Å². The molecule has 1 saturated heterocycles. The molecule has 1 aliphatic rings. The minimum absolute atomic E-state index is 0. The maximum atomic E-state index is 12.2. The molecule has 136 valence electrons. The maximum Gasteiger partial charge on any atom is 0.224 e. The first-order valence-corrected chi connectivity index (χ1v) is 8.81. The molecule has 1 amide bonds. The molecule has 0 aliphatic carbocycles. The molecule has 0 radical (unpaired) electrons. The second kappa shape index (κ2) is 10.6. The Morgan fingerprint density at radius 2 is 2.00 bits per heavy atom. The molecule has 0 bridgehead atoms. The SMILES string of the molecule is CC(CCc1ccc(OC(C)C)cc1)NC(=O)C1CCCNC1.Cl. The Morgan fingerprint density at radius 3 is 2.58 bits per heavy atom. The van der Waals surface area contributed by atoms with Gasteiger partial charge in [-0.05, 0) is 70.7 Å². The van der Waals surface area contributed by atoms with Crippen LogP contribution in [0.3, 0.4) is 0 Å². The van der Waals surface area contributed by atoms with E-state index < -0.39 is 0 Å². The lowest BCUT2D eigenvalue weighted by molar-refractivity contribution is -0.126. The number of ether oxygens (including phenoxy) is 1. The van der Waals surface area contributed by atoms with Crippen molar-refractivity contribution in [1.82, 2.24) is 10.6 Å². The molecule has 4 nitrogen and oxygen atoms in total. The Kier molecular flexibility index (Phi) is 9.16. The van der Waals surface area contributed by atoms with E-state index in [0.717, 1.165) is 44.5 Å². The average molecular weight is 355 g/mol. The number of aryl methyl sites for hydroxylation is 1. The minimum atomic E-state index is 0. The van der Waals surface area contributed by atoms with Crippen LogP contribution in [0, 0.1) is 5.92 Å². The smallest absolute Gasteiger partial charge is 0.224 e. The van der Waals surface area contributed by atoms with Gasteiger partial charge in [-0.15, -0.1) is 12.4 Å². The van der Waals surface area contributed by atoms with E-state index in [1.807, 2.05) is 26.0 Å². The number of rotatable bonds is 7. The van der Waals surface area contributed by atoms with Gasteiger partial charge in [0.1, 0.15) is 5.75 Å². The highest BCUT2D eigenvalue weighted by molar-refractivity contribution is 5.85. The fourth-order valence-corrected chi connectivity index (χ4v) is 2.90. The van der Waals surface area contributed by atoms with Crippen LogP contribution in [0.5, 0.6) is 5.75 Å². The summed E-state index contributed by atoms with van der Waals surface area (Å²) in [5.41, 5.74) is 1.28. The quantitative estimate of drug-likeness (QED) is 0.789. The highest BCUT2D eigenvalue weighted by atomic mass is 35.5.